The summed E-state index contributed by atoms with van der Waals surface area (Å²) in [6.07, 6.45) is 7.95. The fourth-order valence-electron chi connectivity index (χ4n) is 3.14. The number of hydrogen-bond donors (Lipinski definition) is 2. The number of ether oxygens (including phenoxy) is 2. The molecule has 2 N–H and O–H groups in total. The maximum atomic E-state index is 12.5. The van der Waals surface area contributed by atoms with E-state index in [1.54, 1.807) is 6.92 Å². The third-order valence-corrected chi connectivity index (χ3v) is 5.19. The molecule has 29 heavy (non-hydrogen) atoms. The van der Waals surface area contributed by atoms with Gasteiger partial charge in [0.2, 0.25) is 23.1 Å². The summed E-state index contributed by atoms with van der Waals surface area (Å²) in [5, 5.41) is 0. The van der Waals surface area contributed by atoms with Crippen molar-refractivity contribution in [3.8, 4) is 0 Å². The van der Waals surface area contributed by atoms with Crippen LogP contribution in [0.25, 0.3) is 0 Å². The molecule has 0 aromatic heterocycles. The molecule has 0 amide bonds. The number of rotatable bonds is 14. The molecule has 0 spiro atoms. The number of methoxy groups -OCH3 is 2. The van der Waals surface area contributed by atoms with E-state index in [9.17, 15) is 14.2 Å². The van der Waals surface area contributed by atoms with E-state index in [0.717, 1.165) is 44.9 Å². The number of ketones is 2. The molecule has 0 fully saturated rings. The van der Waals surface area contributed by atoms with Gasteiger partial charge in [-0.1, -0.05) is 38.5 Å². The molecule has 0 heterocycles. The molecule has 0 saturated heterocycles. The van der Waals surface area contributed by atoms with Crippen molar-refractivity contribution in [3.05, 3.63) is 22.7 Å². The van der Waals surface area contributed by atoms with Gasteiger partial charge >= 0.3 is 59.2 Å². The number of phosphoric acid groups is 1. The fourth-order valence-corrected chi connectivity index (χ4v) is 3.51. The molecule has 1 rings (SSSR count). The molecular formula is C19H32KO8P. The number of Topliss-reactive ketones (excluding diaryl/α,β-unsaturated/α-hetero) is 2. The van der Waals surface area contributed by atoms with Crippen LogP contribution in [0.2, 0.25) is 0 Å². The molecule has 10 heteroatoms. The van der Waals surface area contributed by atoms with E-state index in [4.69, 9.17) is 19.3 Å². The average Bonchev–Trinajstić information content (AvgIpc) is 2.63. The summed E-state index contributed by atoms with van der Waals surface area (Å²) in [6, 6.07) is 0. The number of allylic oxidation sites excluding steroid dienone is 2. The Morgan fingerprint density at radius 1 is 0.793 bits per heavy atom. The standard InChI is InChI=1S/C19H31O8P.K.H/c1-14-15(17(21)19(26-3)18(25-2)16(14)20)12-10-8-6-4-5-7-9-11-13-27-28(22,23)24;;/h4-13H2,1-3H3,(H2,22,23,24);;. The Hall–Kier alpha value is 0.166. The number of phosphoric ester groups is 1. The summed E-state index contributed by atoms with van der Waals surface area (Å²) in [5.74, 6) is -0.610. The van der Waals surface area contributed by atoms with E-state index in [1.165, 1.54) is 14.2 Å². The van der Waals surface area contributed by atoms with Gasteiger partial charge in [0.05, 0.1) is 20.8 Å². The van der Waals surface area contributed by atoms with Crippen LogP contribution in [0.4, 0.5) is 0 Å². The Morgan fingerprint density at radius 2 is 1.24 bits per heavy atom. The van der Waals surface area contributed by atoms with Crippen LogP contribution in [0.1, 0.15) is 64.7 Å². The van der Waals surface area contributed by atoms with Crippen molar-refractivity contribution < 1.29 is 37.9 Å². The summed E-state index contributed by atoms with van der Waals surface area (Å²) in [5.41, 5.74) is 0.938. The second-order valence-corrected chi connectivity index (χ2v) is 7.97. The summed E-state index contributed by atoms with van der Waals surface area (Å²) >= 11 is 0. The van der Waals surface area contributed by atoms with Gasteiger partial charge in [-0.05, 0) is 26.2 Å². The second kappa shape index (κ2) is 15.0. The van der Waals surface area contributed by atoms with Crippen LogP contribution in [0.5, 0.6) is 0 Å². The van der Waals surface area contributed by atoms with E-state index < -0.39 is 7.82 Å². The quantitative estimate of drug-likeness (QED) is 0.176. The topological polar surface area (TPSA) is 119 Å². The van der Waals surface area contributed by atoms with Gasteiger partial charge in [-0.2, -0.15) is 0 Å². The van der Waals surface area contributed by atoms with Gasteiger partial charge in [-0.3, -0.25) is 14.1 Å². The first-order valence-corrected chi connectivity index (χ1v) is 11.1. The van der Waals surface area contributed by atoms with Crippen molar-refractivity contribution in [2.45, 2.75) is 64.7 Å². The zero-order valence-electron chi connectivity index (χ0n) is 16.9. The summed E-state index contributed by atoms with van der Waals surface area (Å²) < 4.78 is 25.0. The Kier molecular flexibility index (Phi) is 15.1. The number of hydrogen-bond acceptors (Lipinski definition) is 6. The molecule has 1 aliphatic rings. The maximum absolute atomic E-state index is 12.5. The van der Waals surface area contributed by atoms with Crippen LogP contribution in [0.15, 0.2) is 22.7 Å². The molecule has 0 bridgehead atoms. The molecule has 1 aliphatic carbocycles. The molecule has 0 saturated carbocycles. The van der Waals surface area contributed by atoms with Gasteiger partial charge in [0.25, 0.3) is 0 Å². The van der Waals surface area contributed by atoms with Gasteiger partial charge in [-0.25, -0.2) is 4.57 Å². The molecule has 162 valence electrons. The van der Waals surface area contributed by atoms with Crippen molar-refractivity contribution in [1.82, 2.24) is 0 Å². The predicted octanol–water partition coefficient (Wildman–Crippen LogP) is 2.93. The molecule has 8 nitrogen and oxygen atoms in total. The number of carbonyl (C=O) groups excluding carboxylic acids is 2. The fraction of sp³-hybridized carbons (Fsp3) is 0.684. The number of carbonyl (C=O) groups is 2. The normalized spacial score (nSPS) is 14.9. The molecule has 0 aliphatic heterocycles. The zero-order chi connectivity index (χ0) is 21.2. The minimum atomic E-state index is -4.34. The van der Waals surface area contributed by atoms with E-state index >= 15 is 0 Å². The van der Waals surface area contributed by atoms with Crippen LogP contribution >= 0.6 is 7.82 Å². The SMILES string of the molecule is COC1=C(OC)C(=O)C(CCCCCCCCCCOP(=O)(O)O)=C(C)C1=O.[KH]. The van der Waals surface area contributed by atoms with Gasteiger partial charge in [0.15, 0.2) is 0 Å². The first-order valence-electron chi connectivity index (χ1n) is 9.54. The first kappa shape index (κ1) is 29.2. The van der Waals surface area contributed by atoms with Crippen molar-refractivity contribution in [2.75, 3.05) is 20.8 Å². The van der Waals surface area contributed by atoms with Crippen molar-refractivity contribution in [3.63, 3.8) is 0 Å². The Labute approximate surface area is 215 Å². The van der Waals surface area contributed by atoms with Gasteiger partial charge in [0.1, 0.15) is 0 Å². The Bertz CT molecular complexity index is 665. The van der Waals surface area contributed by atoms with Gasteiger partial charge in [0, 0.05) is 11.1 Å². The van der Waals surface area contributed by atoms with Crippen LogP contribution in [-0.4, -0.2) is 93.6 Å². The first-order chi connectivity index (χ1) is 13.2. The molecule has 0 unspecified atom stereocenters. The Morgan fingerprint density at radius 3 is 1.72 bits per heavy atom. The molecule has 0 aromatic rings. The second-order valence-electron chi connectivity index (χ2n) is 6.73. The van der Waals surface area contributed by atoms with E-state index in [0.29, 0.717) is 24.0 Å². The van der Waals surface area contributed by atoms with E-state index in [1.807, 2.05) is 0 Å². The summed E-state index contributed by atoms with van der Waals surface area (Å²) in [4.78, 5) is 41.9. The van der Waals surface area contributed by atoms with Crippen molar-refractivity contribution in [1.29, 1.82) is 0 Å². The predicted molar refractivity (Wildman–Crippen MR) is 110 cm³/mol. The van der Waals surface area contributed by atoms with Gasteiger partial charge < -0.3 is 19.3 Å². The van der Waals surface area contributed by atoms with Gasteiger partial charge in [-0.15, -0.1) is 0 Å². The average molecular weight is 459 g/mol. The molecule has 0 atom stereocenters. The van der Waals surface area contributed by atoms with Crippen LogP contribution in [0, 0.1) is 0 Å². The van der Waals surface area contributed by atoms with E-state index in [-0.39, 0.29) is 81.1 Å². The summed E-state index contributed by atoms with van der Waals surface area (Å²) in [6.45, 7) is 1.73. The third-order valence-electron chi connectivity index (χ3n) is 4.67. The zero-order valence-corrected chi connectivity index (χ0v) is 17.8. The molecule has 0 radical (unpaired) electrons. The van der Waals surface area contributed by atoms with Crippen LogP contribution < -0.4 is 0 Å². The van der Waals surface area contributed by atoms with Crippen molar-refractivity contribution in [2.24, 2.45) is 0 Å². The number of unbranched alkanes of at least 4 members (excludes halogenated alkanes) is 7. The molecular weight excluding hydrogens is 426 g/mol. The van der Waals surface area contributed by atoms with Crippen molar-refractivity contribution >= 4 is 70.8 Å². The Balaban J connectivity index is 0.00000784. The summed E-state index contributed by atoms with van der Waals surface area (Å²) in [7, 11) is -1.64. The van der Waals surface area contributed by atoms with Crippen LogP contribution in [-0.2, 0) is 28.2 Å². The minimum absolute atomic E-state index is 0. The third kappa shape index (κ3) is 10.3. The monoisotopic (exact) mass is 458 g/mol. The van der Waals surface area contributed by atoms with Crippen LogP contribution in [0.3, 0.4) is 0 Å². The van der Waals surface area contributed by atoms with E-state index in [2.05, 4.69) is 4.52 Å². The molecule has 0 aromatic carbocycles.